The van der Waals surface area contributed by atoms with E-state index in [9.17, 15) is 19.8 Å². The van der Waals surface area contributed by atoms with Crippen molar-refractivity contribution in [3.8, 4) is 0 Å². The number of aryl methyl sites for hydroxylation is 1. The third-order valence-electron chi connectivity index (χ3n) is 3.84. The number of benzene rings is 1. The van der Waals surface area contributed by atoms with Crippen LogP contribution in [0.5, 0.6) is 0 Å². The van der Waals surface area contributed by atoms with E-state index in [4.69, 9.17) is 0 Å². The van der Waals surface area contributed by atoms with Crippen molar-refractivity contribution in [2.24, 2.45) is 11.3 Å². The molecule has 0 aliphatic heterocycles. The van der Waals surface area contributed by atoms with E-state index in [0.717, 1.165) is 18.4 Å². The molecular weight excluding hydrogens is 280 g/mol. The zero-order valence-electron chi connectivity index (χ0n) is 14.1. The van der Waals surface area contributed by atoms with Crippen molar-refractivity contribution in [1.82, 2.24) is 0 Å². The molecule has 0 bridgehead atoms. The molecule has 0 spiro atoms. The molecular formula is C18H26O4. The molecule has 0 saturated heterocycles. The van der Waals surface area contributed by atoms with E-state index in [2.05, 4.69) is 27.7 Å². The molecule has 2 N–H and O–H groups in total. The lowest BCUT2D eigenvalue weighted by Gasteiger charge is -2.23. The first kappa shape index (κ1) is 18.2. The molecule has 0 fully saturated rings. The van der Waals surface area contributed by atoms with E-state index in [1.807, 2.05) is 6.92 Å². The quantitative estimate of drug-likeness (QED) is 0.817. The number of carboxylic acid groups (broad SMARTS) is 2. The average Bonchev–Trinajstić information content (AvgIpc) is 2.34. The second-order valence-electron chi connectivity index (χ2n) is 7.30. The van der Waals surface area contributed by atoms with Gasteiger partial charge in [-0.05, 0) is 54.7 Å². The largest absolute Gasteiger partial charge is 0.478 e. The third kappa shape index (κ3) is 4.86. The summed E-state index contributed by atoms with van der Waals surface area (Å²) < 4.78 is 0. The topological polar surface area (TPSA) is 74.6 Å². The molecule has 1 atom stereocenters. The van der Waals surface area contributed by atoms with Crippen LogP contribution in [0, 0.1) is 18.3 Å². The van der Waals surface area contributed by atoms with Crippen LogP contribution in [0.2, 0.25) is 0 Å². The Labute approximate surface area is 132 Å². The van der Waals surface area contributed by atoms with Gasteiger partial charge in [-0.3, -0.25) is 0 Å². The van der Waals surface area contributed by atoms with Crippen LogP contribution in [0.1, 0.15) is 72.4 Å². The molecule has 1 unspecified atom stereocenters. The fourth-order valence-electron chi connectivity index (χ4n) is 3.03. The summed E-state index contributed by atoms with van der Waals surface area (Å²) in [6, 6.07) is 3.07. The average molecular weight is 306 g/mol. The number of rotatable bonds is 6. The smallest absolute Gasteiger partial charge is 0.336 e. The molecule has 0 aromatic heterocycles. The fraction of sp³-hybridized carbons (Fsp3) is 0.556. The van der Waals surface area contributed by atoms with Gasteiger partial charge in [-0.1, -0.05) is 33.8 Å². The molecule has 0 radical (unpaired) electrons. The number of carbonyl (C=O) groups is 2. The molecule has 4 nitrogen and oxygen atoms in total. The Morgan fingerprint density at radius 2 is 1.73 bits per heavy atom. The van der Waals surface area contributed by atoms with Gasteiger partial charge in [0.05, 0.1) is 11.1 Å². The van der Waals surface area contributed by atoms with Crippen LogP contribution in [-0.2, 0) is 6.42 Å². The molecule has 1 aromatic rings. The van der Waals surface area contributed by atoms with E-state index in [-0.39, 0.29) is 16.5 Å². The maximum Gasteiger partial charge on any atom is 0.336 e. The van der Waals surface area contributed by atoms with Crippen LogP contribution in [-0.4, -0.2) is 22.2 Å². The van der Waals surface area contributed by atoms with Gasteiger partial charge in [-0.25, -0.2) is 9.59 Å². The molecule has 0 heterocycles. The van der Waals surface area contributed by atoms with Gasteiger partial charge in [0.15, 0.2) is 0 Å². The van der Waals surface area contributed by atoms with Gasteiger partial charge in [-0.15, -0.1) is 0 Å². The maximum atomic E-state index is 11.5. The first-order chi connectivity index (χ1) is 10.0. The summed E-state index contributed by atoms with van der Waals surface area (Å²) in [5.74, 6) is -1.91. The Hall–Kier alpha value is -1.84. The van der Waals surface area contributed by atoms with Crippen LogP contribution in [0.25, 0.3) is 0 Å². The first-order valence-electron chi connectivity index (χ1n) is 7.62. The zero-order chi connectivity index (χ0) is 17.1. The Balaban J connectivity index is 3.06. The second kappa shape index (κ2) is 6.95. The lowest BCUT2D eigenvalue weighted by Crippen LogP contribution is -2.15. The summed E-state index contributed by atoms with van der Waals surface area (Å²) in [6.07, 6.45) is 2.49. The predicted octanol–water partition coefficient (Wildman–Crippen LogP) is 4.40. The van der Waals surface area contributed by atoms with Gasteiger partial charge in [0.1, 0.15) is 0 Å². The number of hydrogen-bond acceptors (Lipinski definition) is 2. The highest BCUT2D eigenvalue weighted by atomic mass is 16.4. The maximum absolute atomic E-state index is 11.5. The fourth-order valence-corrected chi connectivity index (χ4v) is 3.03. The Bertz CT molecular complexity index is 567. The van der Waals surface area contributed by atoms with Gasteiger partial charge in [0.2, 0.25) is 0 Å². The van der Waals surface area contributed by atoms with Crippen LogP contribution >= 0.6 is 0 Å². The van der Waals surface area contributed by atoms with E-state index in [0.29, 0.717) is 17.9 Å². The molecule has 0 aliphatic carbocycles. The zero-order valence-corrected chi connectivity index (χ0v) is 14.1. The van der Waals surface area contributed by atoms with Crippen molar-refractivity contribution in [2.45, 2.75) is 53.9 Å². The molecule has 0 saturated carbocycles. The van der Waals surface area contributed by atoms with Crippen molar-refractivity contribution in [3.05, 3.63) is 34.4 Å². The van der Waals surface area contributed by atoms with Crippen molar-refractivity contribution < 1.29 is 19.8 Å². The molecule has 22 heavy (non-hydrogen) atoms. The lowest BCUT2D eigenvalue weighted by molar-refractivity contribution is 0.0650. The molecule has 0 aliphatic rings. The van der Waals surface area contributed by atoms with Crippen LogP contribution in [0.4, 0.5) is 0 Å². The highest BCUT2D eigenvalue weighted by molar-refractivity contribution is 6.03. The van der Waals surface area contributed by atoms with Gasteiger partial charge in [0, 0.05) is 0 Å². The van der Waals surface area contributed by atoms with Crippen molar-refractivity contribution in [2.75, 3.05) is 0 Å². The van der Waals surface area contributed by atoms with Crippen molar-refractivity contribution in [3.63, 3.8) is 0 Å². The van der Waals surface area contributed by atoms with Crippen LogP contribution in [0.15, 0.2) is 12.1 Å². The summed E-state index contributed by atoms with van der Waals surface area (Å²) in [5, 5.41) is 18.6. The lowest BCUT2D eigenvalue weighted by atomic mass is 9.82. The Kier molecular flexibility index (Phi) is 5.75. The molecule has 1 aromatic carbocycles. The van der Waals surface area contributed by atoms with Gasteiger partial charge >= 0.3 is 11.9 Å². The van der Waals surface area contributed by atoms with E-state index >= 15 is 0 Å². The normalized spacial score (nSPS) is 13.0. The number of hydrogen-bond donors (Lipinski definition) is 2. The van der Waals surface area contributed by atoms with E-state index < -0.39 is 11.9 Å². The monoisotopic (exact) mass is 306 g/mol. The minimum atomic E-state index is -1.19. The predicted molar refractivity (Wildman–Crippen MR) is 86.7 cm³/mol. The van der Waals surface area contributed by atoms with Crippen LogP contribution in [0.3, 0.4) is 0 Å². The summed E-state index contributed by atoms with van der Waals surface area (Å²) in [5.41, 5.74) is 1.53. The number of aromatic carboxylic acids is 2. The summed E-state index contributed by atoms with van der Waals surface area (Å²) in [4.78, 5) is 22.8. The molecule has 4 heteroatoms. The van der Waals surface area contributed by atoms with Gasteiger partial charge in [0.25, 0.3) is 0 Å². The molecule has 122 valence electrons. The minimum absolute atomic E-state index is 0.0598. The molecule has 1 rings (SSSR count). The standard InChI is InChI=1S/C18H26O4/c1-11(10-18(3,4)5)6-8-13-12(2)7-9-14(16(19)20)15(13)17(21)22/h7,9,11H,6,8,10H2,1-5H3,(H,19,20)(H,21,22). The number of carboxylic acids is 2. The Morgan fingerprint density at radius 1 is 1.14 bits per heavy atom. The SMILES string of the molecule is Cc1ccc(C(=O)O)c(C(=O)O)c1CCC(C)CC(C)(C)C. The van der Waals surface area contributed by atoms with Gasteiger partial charge in [-0.2, -0.15) is 0 Å². The Morgan fingerprint density at radius 3 is 2.18 bits per heavy atom. The minimum Gasteiger partial charge on any atom is -0.478 e. The molecule has 0 amide bonds. The highest BCUT2D eigenvalue weighted by Gasteiger charge is 2.22. The summed E-state index contributed by atoms with van der Waals surface area (Å²) in [6.45, 7) is 10.5. The van der Waals surface area contributed by atoms with Gasteiger partial charge < -0.3 is 10.2 Å². The van der Waals surface area contributed by atoms with Crippen LogP contribution < -0.4 is 0 Å². The van der Waals surface area contributed by atoms with Crippen molar-refractivity contribution >= 4 is 11.9 Å². The van der Waals surface area contributed by atoms with Crippen molar-refractivity contribution in [1.29, 1.82) is 0 Å². The highest BCUT2D eigenvalue weighted by Crippen LogP contribution is 2.28. The second-order valence-corrected chi connectivity index (χ2v) is 7.30. The van der Waals surface area contributed by atoms with E-state index in [1.165, 1.54) is 6.07 Å². The summed E-state index contributed by atoms with van der Waals surface area (Å²) >= 11 is 0. The summed E-state index contributed by atoms with van der Waals surface area (Å²) in [7, 11) is 0. The van der Waals surface area contributed by atoms with E-state index in [1.54, 1.807) is 6.07 Å². The first-order valence-corrected chi connectivity index (χ1v) is 7.62. The third-order valence-corrected chi connectivity index (χ3v) is 3.84.